The second kappa shape index (κ2) is 14.9. The van der Waals surface area contributed by atoms with Crippen molar-refractivity contribution in [1.29, 1.82) is 0 Å². The molecule has 0 spiro atoms. The number of unbranched alkanes of at least 4 members (excludes halogenated alkanes) is 8. The van der Waals surface area contributed by atoms with Crippen LogP contribution in [0.2, 0.25) is 0 Å². The van der Waals surface area contributed by atoms with Gasteiger partial charge in [-0.2, -0.15) is 0 Å². The molecule has 0 rings (SSSR count). The molecule has 0 heterocycles. The van der Waals surface area contributed by atoms with Crippen LogP contribution in [-0.4, -0.2) is 24.6 Å². The molecular weight excluding hydrogens is 280 g/mol. The number of hydrogen-bond donors (Lipinski definition) is 0. The van der Waals surface area contributed by atoms with Gasteiger partial charge in [0, 0.05) is 20.3 Å². The summed E-state index contributed by atoms with van der Waals surface area (Å²) in [6.45, 7) is 5.38. The summed E-state index contributed by atoms with van der Waals surface area (Å²) >= 11 is 0. The molecule has 0 aliphatic rings. The minimum atomic E-state index is -0.287. The van der Waals surface area contributed by atoms with E-state index in [1.54, 1.807) is 0 Å². The smallest absolute Gasteiger partial charge is 0.302 e. The van der Waals surface area contributed by atoms with Gasteiger partial charge in [-0.3, -0.25) is 9.59 Å². The quantitative estimate of drug-likeness (QED) is 0.341. The molecule has 4 nitrogen and oxygen atoms in total. The monoisotopic (exact) mass is 314 g/mol. The molecule has 0 saturated carbocycles. The molecule has 0 saturated heterocycles. The zero-order valence-electron chi connectivity index (χ0n) is 14.7. The minimum Gasteiger partial charge on any atom is -0.466 e. The van der Waals surface area contributed by atoms with Crippen LogP contribution in [0.1, 0.15) is 91.4 Å². The number of ether oxygens (including phenoxy) is 2. The number of carbonyl (C=O) groups is 2. The number of carbonyl (C=O) groups excluding carboxylic acids is 2. The Hall–Kier alpha value is -1.06. The highest BCUT2D eigenvalue weighted by atomic mass is 16.6. The Labute approximate surface area is 135 Å². The molecular formula is C18H34O4. The average Bonchev–Trinajstić information content (AvgIpc) is 2.44. The fourth-order valence-electron chi connectivity index (χ4n) is 2.51. The predicted molar refractivity (Wildman–Crippen MR) is 88.6 cm³/mol. The van der Waals surface area contributed by atoms with E-state index in [1.807, 2.05) is 0 Å². The van der Waals surface area contributed by atoms with Gasteiger partial charge < -0.3 is 9.47 Å². The SMILES string of the molecule is CCCCCCCCCCCC(CCOC(C)=O)OC(C)=O. The molecule has 0 N–H and O–H groups in total. The Morgan fingerprint density at radius 1 is 0.773 bits per heavy atom. The molecule has 22 heavy (non-hydrogen) atoms. The Morgan fingerprint density at radius 3 is 1.82 bits per heavy atom. The summed E-state index contributed by atoms with van der Waals surface area (Å²) in [6, 6.07) is 0. The zero-order valence-corrected chi connectivity index (χ0v) is 14.7. The van der Waals surface area contributed by atoms with Gasteiger partial charge in [0.1, 0.15) is 6.10 Å². The molecule has 4 heteroatoms. The Balaban J connectivity index is 3.61. The molecule has 0 aliphatic carbocycles. The molecule has 0 aromatic rings. The van der Waals surface area contributed by atoms with Gasteiger partial charge in [0.05, 0.1) is 6.61 Å². The first kappa shape index (κ1) is 20.9. The van der Waals surface area contributed by atoms with Crippen molar-refractivity contribution in [1.82, 2.24) is 0 Å². The fraction of sp³-hybridized carbons (Fsp3) is 0.889. The second-order valence-corrected chi connectivity index (χ2v) is 5.98. The van der Waals surface area contributed by atoms with Crippen LogP contribution in [0, 0.1) is 0 Å². The highest BCUT2D eigenvalue weighted by Crippen LogP contribution is 2.14. The van der Waals surface area contributed by atoms with Gasteiger partial charge in [-0.15, -0.1) is 0 Å². The third-order valence-corrected chi connectivity index (χ3v) is 3.71. The molecule has 0 amide bonds. The summed E-state index contributed by atoms with van der Waals surface area (Å²) in [5.74, 6) is -0.548. The van der Waals surface area contributed by atoms with E-state index in [2.05, 4.69) is 6.92 Å². The molecule has 130 valence electrons. The van der Waals surface area contributed by atoms with Crippen molar-refractivity contribution in [3.05, 3.63) is 0 Å². The van der Waals surface area contributed by atoms with Crippen molar-refractivity contribution in [2.45, 2.75) is 97.5 Å². The van der Waals surface area contributed by atoms with Gasteiger partial charge in [0.15, 0.2) is 0 Å². The van der Waals surface area contributed by atoms with Gasteiger partial charge in [0.2, 0.25) is 0 Å². The first-order valence-electron chi connectivity index (χ1n) is 8.86. The summed E-state index contributed by atoms with van der Waals surface area (Å²) in [4.78, 5) is 21.8. The number of rotatable bonds is 14. The van der Waals surface area contributed by atoms with Gasteiger partial charge in [-0.1, -0.05) is 58.3 Å². The summed E-state index contributed by atoms with van der Waals surface area (Å²) in [6.07, 6.45) is 12.8. The normalized spacial score (nSPS) is 12.0. The molecule has 1 unspecified atom stereocenters. The fourth-order valence-corrected chi connectivity index (χ4v) is 2.51. The van der Waals surface area contributed by atoms with E-state index in [1.165, 1.54) is 65.2 Å². The van der Waals surface area contributed by atoms with Gasteiger partial charge in [0.25, 0.3) is 0 Å². The average molecular weight is 314 g/mol. The zero-order chi connectivity index (χ0) is 16.6. The third kappa shape index (κ3) is 15.3. The van der Waals surface area contributed by atoms with Gasteiger partial charge in [-0.05, 0) is 12.8 Å². The number of hydrogen-bond acceptors (Lipinski definition) is 4. The summed E-state index contributed by atoms with van der Waals surface area (Å²) in [5.41, 5.74) is 0. The maximum absolute atomic E-state index is 11.1. The van der Waals surface area contributed by atoms with Crippen LogP contribution in [0.5, 0.6) is 0 Å². The van der Waals surface area contributed by atoms with Crippen molar-refractivity contribution >= 4 is 11.9 Å². The Kier molecular flexibility index (Phi) is 14.1. The summed E-state index contributed by atoms with van der Waals surface area (Å²) in [5, 5.41) is 0. The molecule has 0 aromatic heterocycles. The summed E-state index contributed by atoms with van der Waals surface area (Å²) < 4.78 is 10.2. The van der Waals surface area contributed by atoms with Crippen LogP contribution in [0.25, 0.3) is 0 Å². The van der Waals surface area contributed by atoms with Crippen molar-refractivity contribution in [3.63, 3.8) is 0 Å². The Bertz CT molecular complexity index is 289. The van der Waals surface area contributed by atoms with E-state index in [0.29, 0.717) is 13.0 Å². The first-order valence-corrected chi connectivity index (χ1v) is 8.86. The molecule has 0 radical (unpaired) electrons. The molecule has 0 aliphatic heterocycles. The van der Waals surface area contributed by atoms with Gasteiger partial charge in [-0.25, -0.2) is 0 Å². The van der Waals surface area contributed by atoms with Crippen molar-refractivity contribution in [3.8, 4) is 0 Å². The lowest BCUT2D eigenvalue weighted by Crippen LogP contribution is -2.19. The minimum absolute atomic E-state index is 0.124. The molecule has 1 atom stereocenters. The van der Waals surface area contributed by atoms with Crippen LogP contribution >= 0.6 is 0 Å². The second-order valence-electron chi connectivity index (χ2n) is 5.98. The van der Waals surface area contributed by atoms with Crippen LogP contribution in [0.15, 0.2) is 0 Å². The molecule has 0 aromatic carbocycles. The predicted octanol–water partition coefficient (Wildman–Crippen LogP) is 4.79. The summed E-state index contributed by atoms with van der Waals surface area (Å²) in [7, 11) is 0. The lowest BCUT2D eigenvalue weighted by atomic mass is 10.0. The lowest BCUT2D eigenvalue weighted by Gasteiger charge is -2.16. The van der Waals surface area contributed by atoms with Crippen molar-refractivity contribution in [2.24, 2.45) is 0 Å². The van der Waals surface area contributed by atoms with Crippen LogP contribution in [-0.2, 0) is 19.1 Å². The third-order valence-electron chi connectivity index (χ3n) is 3.71. The van der Waals surface area contributed by atoms with E-state index < -0.39 is 0 Å². The largest absolute Gasteiger partial charge is 0.466 e. The van der Waals surface area contributed by atoms with E-state index in [-0.39, 0.29) is 18.0 Å². The maximum atomic E-state index is 11.1. The number of esters is 2. The van der Waals surface area contributed by atoms with Crippen LogP contribution in [0.4, 0.5) is 0 Å². The molecule has 0 fully saturated rings. The highest BCUT2D eigenvalue weighted by molar-refractivity contribution is 5.66. The van der Waals surface area contributed by atoms with E-state index in [4.69, 9.17) is 9.47 Å². The van der Waals surface area contributed by atoms with E-state index >= 15 is 0 Å². The van der Waals surface area contributed by atoms with Gasteiger partial charge >= 0.3 is 11.9 Å². The Morgan fingerprint density at radius 2 is 1.32 bits per heavy atom. The van der Waals surface area contributed by atoms with Crippen molar-refractivity contribution < 1.29 is 19.1 Å². The molecule has 0 bridgehead atoms. The highest BCUT2D eigenvalue weighted by Gasteiger charge is 2.12. The first-order chi connectivity index (χ1) is 10.6. The van der Waals surface area contributed by atoms with Crippen LogP contribution < -0.4 is 0 Å². The maximum Gasteiger partial charge on any atom is 0.302 e. The topological polar surface area (TPSA) is 52.6 Å². The van der Waals surface area contributed by atoms with Crippen molar-refractivity contribution in [2.75, 3.05) is 6.61 Å². The lowest BCUT2D eigenvalue weighted by molar-refractivity contribution is -0.148. The van der Waals surface area contributed by atoms with E-state index in [9.17, 15) is 9.59 Å². The van der Waals surface area contributed by atoms with E-state index in [0.717, 1.165) is 12.8 Å². The standard InChI is InChI=1S/C18H34O4/c1-4-5-6-7-8-9-10-11-12-13-18(22-17(3)20)14-15-21-16(2)19/h18H,4-15H2,1-3H3. The van der Waals surface area contributed by atoms with Crippen LogP contribution in [0.3, 0.4) is 0 Å².